The molecule has 0 bridgehead atoms. The van der Waals surface area contributed by atoms with E-state index in [-0.39, 0.29) is 24.5 Å². The Morgan fingerprint density at radius 3 is 2.30 bits per heavy atom. The first-order valence-electron chi connectivity index (χ1n) is 14.6. The maximum atomic E-state index is 13.7. The summed E-state index contributed by atoms with van der Waals surface area (Å²) in [5.41, 5.74) is 1.03. The van der Waals surface area contributed by atoms with Crippen LogP contribution in [-0.4, -0.2) is 97.9 Å². The third-order valence-corrected chi connectivity index (χ3v) is 8.68. The van der Waals surface area contributed by atoms with Crippen molar-refractivity contribution in [2.45, 2.75) is 76.1 Å². The van der Waals surface area contributed by atoms with Crippen LogP contribution in [0.4, 0.5) is 0 Å². The van der Waals surface area contributed by atoms with Gasteiger partial charge in [-0.3, -0.25) is 24.2 Å². The van der Waals surface area contributed by atoms with Crippen molar-refractivity contribution < 1.29 is 28.7 Å². The predicted octanol–water partition coefficient (Wildman–Crippen LogP) is 2.24. The second-order valence-electron chi connectivity index (χ2n) is 11.3. The maximum absolute atomic E-state index is 13.7. The molecule has 1 aliphatic heterocycles. The summed E-state index contributed by atoms with van der Waals surface area (Å²) in [6.07, 6.45) is 5.79. The number of rotatable bonds is 15. The number of carbonyl (C=O) groups is 4. The van der Waals surface area contributed by atoms with Crippen LogP contribution in [0.15, 0.2) is 40.9 Å². The van der Waals surface area contributed by atoms with Crippen LogP contribution in [0.1, 0.15) is 51.5 Å². The monoisotopic (exact) mass is 615 g/mol. The van der Waals surface area contributed by atoms with Gasteiger partial charge in [-0.2, -0.15) is 0 Å². The molecule has 1 aromatic rings. The summed E-state index contributed by atoms with van der Waals surface area (Å²) in [5.74, 6) is -0.268. The number of epoxide rings is 1. The van der Waals surface area contributed by atoms with Gasteiger partial charge in [-0.1, -0.05) is 35.5 Å². The highest BCUT2D eigenvalue weighted by molar-refractivity contribution is 8.13. The summed E-state index contributed by atoms with van der Waals surface area (Å²) >= 11 is 1.45. The number of carbonyl (C=O) groups excluding carboxylic acids is 4. The van der Waals surface area contributed by atoms with Crippen LogP contribution in [0, 0.1) is 0 Å². The number of nitrogens with zero attached hydrogens (tertiary/aromatic N) is 2. The molecule has 2 aliphatic rings. The molecule has 11 nitrogen and oxygen atoms in total. The molecule has 236 valence electrons. The topological polar surface area (TPSA) is 142 Å². The van der Waals surface area contributed by atoms with Gasteiger partial charge in [0, 0.05) is 39.7 Å². The highest BCUT2D eigenvalue weighted by Gasteiger charge is 2.50. The van der Waals surface area contributed by atoms with Gasteiger partial charge in [0.05, 0.1) is 19.8 Å². The van der Waals surface area contributed by atoms with E-state index in [0.29, 0.717) is 24.5 Å². The molecule has 1 fully saturated rings. The van der Waals surface area contributed by atoms with Crippen LogP contribution in [0.5, 0.6) is 5.75 Å². The number of thioether (sulfide) groups is 1. The van der Waals surface area contributed by atoms with Gasteiger partial charge in [-0.15, -0.1) is 0 Å². The number of Topliss-reactive ketones (excluding diaryl/α,β-unsaturated/α-hetero) is 1. The Labute approximate surface area is 258 Å². The number of amidine groups is 1. The van der Waals surface area contributed by atoms with Crippen molar-refractivity contribution in [1.82, 2.24) is 20.9 Å². The van der Waals surface area contributed by atoms with E-state index in [4.69, 9.17) is 9.47 Å². The fourth-order valence-electron chi connectivity index (χ4n) is 4.80. The molecular formula is C31H45N5O6S. The van der Waals surface area contributed by atoms with E-state index in [1.54, 1.807) is 40.1 Å². The number of hydrogen-bond acceptors (Lipinski definition) is 8. The number of allylic oxidation sites excluding steroid dienone is 1. The molecule has 12 heteroatoms. The van der Waals surface area contributed by atoms with Crippen molar-refractivity contribution in [3.63, 3.8) is 0 Å². The third-order valence-electron chi connectivity index (χ3n) is 7.47. The second-order valence-corrected chi connectivity index (χ2v) is 12.4. The summed E-state index contributed by atoms with van der Waals surface area (Å²) in [7, 11) is 7.02. The van der Waals surface area contributed by atoms with Crippen molar-refractivity contribution in [2.75, 3.05) is 40.6 Å². The lowest BCUT2D eigenvalue weighted by atomic mass is 9.94. The zero-order chi connectivity index (χ0) is 31.6. The van der Waals surface area contributed by atoms with Crippen LogP contribution < -0.4 is 20.7 Å². The Morgan fingerprint density at radius 1 is 1.07 bits per heavy atom. The smallest absolute Gasteiger partial charge is 0.243 e. The van der Waals surface area contributed by atoms with E-state index in [2.05, 4.69) is 27.0 Å². The molecule has 1 heterocycles. The molecule has 0 radical (unpaired) electrons. The Balaban J connectivity index is 1.69. The average molecular weight is 616 g/mol. The first kappa shape index (κ1) is 34.1. The van der Waals surface area contributed by atoms with Gasteiger partial charge in [-0.25, -0.2) is 0 Å². The predicted molar refractivity (Wildman–Crippen MR) is 168 cm³/mol. The van der Waals surface area contributed by atoms with E-state index in [0.717, 1.165) is 35.6 Å². The van der Waals surface area contributed by atoms with Gasteiger partial charge < -0.3 is 30.3 Å². The Kier molecular flexibility index (Phi) is 12.6. The molecule has 3 amide bonds. The number of methoxy groups -OCH3 is 1. The highest BCUT2D eigenvalue weighted by Crippen LogP contribution is 2.31. The molecule has 0 spiro atoms. The normalized spacial score (nSPS) is 19.9. The quantitative estimate of drug-likeness (QED) is 0.118. The standard InChI is InChI=1S/C31H45N5O6S/c1-20(33-26(37)15-16-43-30(32-3)36(4)5)28(39)35-25(18-22-11-13-23(41-6)14-12-22)29(40)34-24(17-21-9-7-8-10-21)27(38)31(2)19-42-31/h9,11-14,20,24-25H,7-8,10,15-19H2,1-6H3,(H,33,37)(H,34,40)(H,35,39). The van der Waals surface area contributed by atoms with E-state index >= 15 is 0 Å². The third kappa shape index (κ3) is 10.4. The molecule has 43 heavy (non-hydrogen) atoms. The first-order valence-corrected chi connectivity index (χ1v) is 15.6. The summed E-state index contributed by atoms with van der Waals surface area (Å²) in [6.45, 7) is 3.62. The molecule has 1 saturated heterocycles. The number of hydrogen-bond donors (Lipinski definition) is 3. The van der Waals surface area contributed by atoms with E-state index in [1.807, 2.05) is 31.1 Å². The minimum Gasteiger partial charge on any atom is -0.497 e. The van der Waals surface area contributed by atoms with E-state index in [9.17, 15) is 19.2 Å². The molecule has 0 aromatic heterocycles. The van der Waals surface area contributed by atoms with Crippen LogP contribution in [0.25, 0.3) is 0 Å². The Bertz CT molecular complexity index is 1210. The van der Waals surface area contributed by atoms with Crippen molar-refractivity contribution in [3.8, 4) is 5.75 Å². The van der Waals surface area contributed by atoms with Gasteiger partial charge in [0.15, 0.2) is 11.0 Å². The molecule has 3 rings (SSSR count). The zero-order valence-electron chi connectivity index (χ0n) is 26.0. The summed E-state index contributed by atoms with van der Waals surface area (Å²) in [4.78, 5) is 58.8. The highest BCUT2D eigenvalue weighted by atomic mass is 32.2. The minimum atomic E-state index is -0.986. The molecule has 4 atom stereocenters. The van der Waals surface area contributed by atoms with Crippen molar-refractivity contribution >= 4 is 40.4 Å². The fourth-order valence-corrected chi connectivity index (χ4v) is 5.65. The molecular weight excluding hydrogens is 570 g/mol. The number of amides is 3. The number of ether oxygens (including phenoxy) is 2. The summed E-state index contributed by atoms with van der Waals surface area (Å²) in [5, 5.41) is 9.24. The van der Waals surface area contributed by atoms with Crippen LogP contribution in [0.2, 0.25) is 0 Å². The summed E-state index contributed by atoms with van der Waals surface area (Å²) < 4.78 is 10.6. The van der Waals surface area contributed by atoms with Crippen LogP contribution >= 0.6 is 11.8 Å². The first-order chi connectivity index (χ1) is 20.4. The van der Waals surface area contributed by atoms with Gasteiger partial charge in [0.25, 0.3) is 0 Å². The van der Waals surface area contributed by atoms with Crippen molar-refractivity contribution in [1.29, 1.82) is 0 Å². The lowest BCUT2D eigenvalue weighted by Gasteiger charge is -2.25. The molecule has 1 aromatic carbocycles. The van der Waals surface area contributed by atoms with Crippen LogP contribution in [0.3, 0.4) is 0 Å². The van der Waals surface area contributed by atoms with Crippen molar-refractivity contribution in [3.05, 3.63) is 41.5 Å². The Hall–Kier alpha value is -3.38. The lowest BCUT2D eigenvalue weighted by Crippen LogP contribution is -2.56. The number of ketones is 1. The van der Waals surface area contributed by atoms with E-state index in [1.165, 1.54) is 11.8 Å². The molecule has 4 unspecified atom stereocenters. The fraction of sp³-hybridized carbons (Fsp3) is 0.581. The lowest BCUT2D eigenvalue weighted by molar-refractivity contribution is -0.134. The molecule has 1 aliphatic carbocycles. The second kappa shape index (κ2) is 15.9. The van der Waals surface area contributed by atoms with Gasteiger partial charge in [0.2, 0.25) is 17.7 Å². The SMILES string of the molecule is CN=C(SCCC(=O)NC(C)C(=O)NC(Cc1ccc(OC)cc1)C(=O)NC(CC1=CCCC1)C(=O)C1(C)CO1)N(C)C. The minimum absolute atomic E-state index is 0.174. The van der Waals surface area contributed by atoms with Gasteiger partial charge >= 0.3 is 0 Å². The van der Waals surface area contributed by atoms with E-state index < -0.39 is 35.5 Å². The number of benzene rings is 1. The summed E-state index contributed by atoms with van der Waals surface area (Å²) in [6, 6.07) is 4.57. The van der Waals surface area contributed by atoms with Gasteiger partial charge in [-0.05, 0) is 57.2 Å². The largest absolute Gasteiger partial charge is 0.497 e. The molecule has 3 N–H and O–H groups in total. The maximum Gasteiger partial charge on any atom is 0.243 e. The average Bonchev–Trinajstić information content (AvgIpc) is 3.52. The van der Waals surface area contributed by atoms with Crippen LogP contribution in [-0.2, 0) is 30.3 Å². The molecule has 0 saturated carbocycles. The Morgan fingerprint density at radius 2 is 1.74 bits per heavy atom. The van der Waals surface area contributed by atoms with Gasteiger partial charge in [0.1, 0.15) is 23.4 Å². The number of nitrogens with one attached hydrogen (secondary N) is 3. The van der Waals surface area contributed by atoms with Crippen molar-refractivity contribution in [2.24, 2.45) is 4.99 Å². The zero-order valence-corrected chi connectivity index (χ0v) is 26.8. The number of aliphatic imine (C=N–C) groups is 1.